The first-order valence-electron chi connectivity index (χ1n) is 8.81. The number of rotatable bonds is 4. The van der Waals surface area contributed by atoms with E-state index in [2.05, 4.69) is 20.9 Å². The van der Waals surface area contributed by atoms with Gasteiger partial charge in [-0.05, 0) is 29.8 Å². The highest BCUT2D eigenvalue weighted by Crippen LogP contribution is 2.29. The molecular formula is C18H17F3N6O2. The molecule has 0 spiro atoms. The lowest BCUT2D eigenvalue weighted by molar-refractivity contribution is -0.137. The van der Waals surface area contributed by atoms with Crippen molar-refractivity contribution < 1.29 is 13.2 Å². The Bertz CT molecular complexity index is 1140. The van der Waals surface area contributed by atoms with Crippen LogP contribution < -0.4 is 22.2 Å². The normalized spacial score (nSPS) is 17.8. The van der Waals surface area contributed by atoms with E-state index in [1.807, 2.05) is 0 Å². The summed E-state index contributed by atoms with van der Waals surface area (Å²) in [7, 11) is 0. The smallest absolute Gasteiger partial charge is 0.305 e. The van der Waals surface area contributed by atoms with Crippen molar-refractivity contribution in [1.29, 1.82) is 0 Å². The summed E-state index contributed by atoms with van der Waals surface area (Å²) in [6.07, 6.45) is -2.89. The highest BCUT2D eigenvalue weighted by molar-refractivity contribution is 5.71. The predicted molar refractivity (Wildman–Crippen MR) is 98.5 cm³/mol. The van der Waals surface area contributed by atoms with E-state index in [-0.39, 0.29) is 18.1 Å². The molecule has 2 aromatic heterocycles. The molecule has 1 unspecified atom stereocenters. The van der Waals surface area contributed by atoms with Gasteiger partial charge in [-0.15, -0.1) is 0 Å². The van der Waals surface area contributed by atoms with Crippen molar-refractivity contribution in [3.8, 4) is 0 Å². The van der Waals surface area contributed by atoms with Gasteiger partial charge in [0.25, 0.3) is 5.56 Å². The molecule has 0 amide bonds. The Kier molecular flexibility index (Phi) is 4.94. The topological polar surface area (TPSA) is 95.0 Å². The summed E-state index contributed by atoms with van der Waals surface area (Å²) in [5.41, 5.74) is 5.43. The first-order valence-corrected chi connectivity index (χ1v) is 8.81. The maximum Gasteiger partial charge on any atom is 0.416 e. The zero-order valence-corrected chi connectivity index (χ0v) is 15.0. The van der Waals surface area contributed by atoms with E-state index in [4.69, 9.17) is 0 Å². The lowest BCUT2D eigenvalue weighted by Crippen LogP contribution is -2.43. The van der Waals surface area contributed by atoms with Crippen LogP contribution >= 0.6 is 0 Å². The first kappa shape index (κ1) is 19.3. The van der Waals surface area contributed by atoms with E-state index in [0.29, 0.717) is 24.2 Å². The standard InChI is InChI=1S/C18H17F3N6O2/c19-18(20,21)12-5-3-11(4-6-12)8-26-9-13(24-25-26)10-27-16(28)15-14(23-17(27)29)2-1-7-22-15/h1-7,13,24-25H,8-10H2,(H,23,29). The monoisotopic (exact) mass is 406 g/mol. The fourth-order valence-electron chi connectivity index (χ4n) is 3.23. The number of hydrogen-bond donors (Lipinski definition) is 3. The number of aromatic amines is 1. The van der Waals surface area contributed by atoms with E-state index in [9.17, 15) is 22.8 Å². The van der Waals surface area contributed by atoms with Gasteiger partial charge in [0.15, 0.2) is 5.52 Å². The third-order valence-electron chi connectivity index (χ3n) is 4.67. The number of hydrogen-bond acceptors (Lipinski definition) is 6. The second kappa shape index (κ2) is 7.43. The Balaban J connectivity index is 1.44. The molecule has 4 rings (SSSR count). The van der Waals surface area contributed by atoms with Gasteiger partial charge < -0.3 is 4.98 Å². The number of H-pyrrole nitrogens is 1. The molecule has 3 N–H and O–H groups in total. The lowest BCUT2D eigenvalue weighted by atomic mass is 10.1. The molecule has 152 valence electrons. The minimum absolute atomic E-state index is 0.108. The molecule has 3 aromatic rings. The van der Waals surface area contributed by atoms with Crippen molar-refractivity contribution in [2.24, 2.45) is 0 Å². The highest BCUT2D eigenvalue weighted by atomic mass is 19.4. The van der Waals surface area contributed by atoms with Gasteiger partial charge in [-0.3, -0.25) is 9.36 Å². The molecule has 1 saturated heterocycles. The van der Waals surface area contributed by atoms with Crippen LogP contribution in [0.2, 0.25) is 0 Å². The van der Waals surface area contributed by atoms with E-state index >= 15 is 0 Å². The molecule has 1 aliphatic rings. The molecule has 29 heavy (non-hydrogen) atoms. The molecule has 0 radical (unpaired) electrons. The van der Waals surface area contributed by atoms with Crippen LogP contribution in [-0.2, 0) is 19.3 Å². The van der Waals surface area contributed by atoms with Crippen LogP contribution in [0.25, 0.3) is 11.0 Å². The number of alkyl halides is 3. The molecule has 8 nitrogen and oxygen atoms in total. The number of hydrazine groups is 2. The quantitative estimate of drug-likeness (QED) is 0.599. The van der Waals surface area contributed by atoms with Gasteiger partial charge in [0, 0.05) is 25.8 Å². The summed E-state index contributed by atoms with van der Waals surface area (Å²) in [5.74, 6) is 0. The fourth-order valence-corrected chi connectivity index (χ4v) is 3.23. The van der Waals surface area contributed by atoms with Gasteiger partial charge in [0.05, 0.1) is 17.1 Å². The molecule has 1 atom stereocenters. The largest absolute Gasteiger partial charge is 0.416 e. The molecule has 1 aromatic carbocycles. The third-order valence-corrected chi connectivity index (χ3v) is 4.67. The van der Waals surface area contributed by atoms with Crippen LogP contribution in [0.4, 0.5) is 13.2 Å². The van der Waals surface area contributed by atoms with Gasteiger partial charge in [-0.1, -0.05) is 12.1 Å². The summed E-state index contributed by atoms with van der Waals surface area (Å²) in [4.78, 5) is 31.5. The van der Waals surface area contributed by atoms with Gasteiger partial charge >= 0.3 is 11.9 Å². The summed E-state index contributed by atoms with van der Waals surface area (Å²) in [5, 5.41) is 1.76. The van der Waals surface area contributed by atoms with Crippen LogP contribution in [0.5, 0.6) is 0 Å². The van der Waals surface area contributed by atoms with Crippen molar-refractivity contribution in [2.45, 2.75) is 25.3 Å². The summed E-state index contributed by atoms with van der Waals surface area (Å²) >= 11 is 0. The van der Waals surface area contributed by atoms with Crippen LogP contribution in [0.1, 0.15) is 11.1 Å². The first-order chi connectivity index (χ1) is 13.8. The number of nitrogens with one attached hydrogen (secondary N) is 3. The van der Waals surface area contributed by atoms with E-state index in [0.717, 1.165) is 16.7 Å². The van der Waals surface area contributed by atoms with Crippen molar-refractivity contribution >= 4 is 11.0 Å². The second-order valence-electron chi connectivity index (χ2n) is 6.77. The summed E-state index contributed by atoms with van der Waals surface area (Å²) in [6, 6.07) is 7.89. The highest BCUT2D eigenvalue weighted by Gasteiger charge is 2.30. The fraction of sp³-hybridized carbons (Fsp3) is 0.278. The maximum atomic E-state index is 12.7. The van der Waals surface area contributed by atoms with Gasteiger partial charge in [0.1, 0.15) is 0 Å². The minimum Gasteiger partial charge on any atom is -0.305 e. The molecule has 0 bridgehead atoms. The predicted octanol–water partition coefficient (Wildman–Crippen LogP) is 0.997. The van der Waals surface area contributed by atoms with Gasteiger partial charge in [0.2, 0.25) is 0 Å². The molecule has 1 fully saturated rings. The minimum atomic E-state index is -4.37. The Morgan fingerprint density at radius 1 is 1.14 bits per heavy atom. The summed E-state index contributed by atoms with van der Waals surface area (Å²) in [6.45, 7) is 0.899. The molecule has 1 aliphatic heterocycles. The number of fused-ring (bicyclic) bond motifs is 1. The molecular weight excluding hydrogens is 389 g/mol. The average molecular weight is 406 g/mol. The Morgan fingerprint density at radius 2 is 1.90 bits per heavy atom. The zero-order valence-electron chi connectivity index (χ0n) is 15.0. The average Bonchev–Trinajstić information content (AvgIpc) is 3.12. The zero-order chi connectivity index (χ0) is 20.6. The van der Waals surface area contributed by atoms with Crippen LogP contribution in [0.15, 0.2) is 52.2 Å². The molecule has 0 aliphatic carbocycles. The lowest BCUT2D eigenvalue weighted by Gasteiger charge is -2.15. The Morgan fingerprint density at radius 3 is 2.62 bits per heavy atom. The van der Waals surface area contributed by atoms with Crippen molar-refractivity contribution in [1.82, 2.24) is 30.5 Å². The van der Waals surface area contributed by atoms with Crippen molar-refractivity contribution in [2.75, 3.05) is 6.54 Å². The number of benzene rings is 1. The molecule has 11 heteroatoms. The van der Waals surface area contributed by atoms with Crippen LogP contribution in [0.3, 0.4) is 0 Å². The second-order valence-corrected chi connectivity index (χ2v) is 6.77. The van der Waals surface area contributed by atoms with Gasteiger partial charge in [-0.2, -0.15) is 18.7 Å². The molecule has 3 heterocycles. The number of aromatic nitrogens is 3. The number of pyridine rings is 1. The van der Waals surface area contributed by atoms with E-state index in [1.54, 1.807) is 17.1 Å². The number of halogens is 3. The van der Waals surface area contributed by atoms with Crippen LogP contribution in [0, 0.1) is 0 Å². The van der Waals surface area contributed by atoms with Crippen LogP contribution in [-0.4, -0.2) is 32.1 Å². The Hall–Kier alpha value is -3.02. The SMILES string of the molecule is O=c1[nH]c2cccnc2c(=O)n1CC1CN(Cc2ccc(C(F)(F)F)cc2)NN1. The van der Waals surface area contributed by atoms with E-state index < -0.39 is 23.0 Å². The summed E-state index contributed by atoms with van der Waals surface area (Å²) < 4.78 is 39.0. The number of nitrogens with zero attached hydrogens (tertiary/aromatic N) is 3. The van der Waals surface area contributed by atoms with Crippen molar-refractivity contribution in [3.63, 3.8) is 0 Å². The van der Waals surface area contributed by atoms with Crippen molar-refractivity contribution in [3.05, 3.63) is 74.6 Å². The maximum absolute atomic E-state index is 12.7. The molecule has 0 saturated carbocycles. The third kappa shape index (κ3) is 4.06. The Labute approximate surface area is 161 Å². The van der Waals surface area contributed by atoms with E-state index in [1.165, 1.54) is 18.3 Å². The van der Waals surface area contributed by atoms with Gasteiger partial charge in [-0.25, -0.2) is 20.2 Å².